The second kappa shape index (κ2) is 6.19. The van der Waals surface area contributed by atoms with E-state index in [1.165, 1.54) is 53.2 Å². The van der Waals surface area contributed by atoms with Gasteiger partial charge in [0.1, 0.15) is 0 Å². The molecule has 1 fully saturated rings. The Labute approximate surface area is 145 Å². The molecule has 8 bridgehead atoms. The van der Waals surface area contributed by atoms with Crippen molar-refractivity contribution in [2.24, 2.45) is 9.98 Å². The van der Waals surface area contributed by atoms with Crippen LogP contribution in [-0.4, -0.2) is 23.5 Å². The molecule has 24 heavy (non-hydrogen) atoms. The molecule has 0 aromatic rings. The van der Waals surface area contributed by atoms with Crippen molar-refractivity contribution in [3.8, 4) is 0 Å². The van der Waals surface area contributed by atoms with E-state index in [9.17, 15) is 0 Å². The normalized spacial score (nSPS) is 32.8. The Kier molecular flexibility index (Phi) is 4.03. The average Bonchev–Trinajstić information content (AvgIpc) is 3.28. The van der Waals surface area contributed by atoms with Crippen molar-refractivity contribution in [3.05, 3.63) is 46.8 Å². The first-order valence-corrected chi connectivity index (χ1v) is 9.04. The maximum Gasteiger partial charge on any atom is 0.0730 e. The van der Waals surface area contributed by atoms with Crippen LogP contribution in [0.15, 0.2) is 56.8 Å². The number of nitrogens with zero attached hydrogens (tertiary/aromatic N) is 2. The summed E-state index contributed by atoms with van der Waals surface area (Å²) in [6.45, 7) is 0. The molecule has 0 aromatic carbocycles. The molecule has 4 heterocycles. The fraction of sp³-hybridized carbons (Fsp3) is 0.524. The Hall–Kier alpha value is -1.90. The number of aliphatic imine (C=N–C) groups is 2. The van der Waals surface area contributed by atoms with Crippen molar-refractivity contribution in [2.45, 2.75) is 70.9 Å². The molecule has 1 N–H and O–H groups in total. The summed E-state index contributed by atoms with van der Waals surface area (Å²) in [6, 6.07) is 0.826. The quantitative estimate of drug-likeness (QED) is 0.693. The van der Waals surface area contributed by atoms with E-state index >= 15 is 0 Å². The Morgan fingerprint density at radius 1 is 0.667 bits per heavy atom. The number of rotatable bonds is 0. The molecular formula is C21H27N3. The molecule has 0 spiro atoms. The van der Waals surface area contributed by atoms with Gasteiger partial charge in [0.15, 0.2) is 0 Å². The molecule has 3 heteroatoms. The summed E-state index contributed by atoms with van der Waals surface area (Å²) in [7, 11) is 0. The summed E-state index contributed by atoms with van der Waals surface area (Å²) in [6.07, 6.45) is 18.6. The lowest BCUT2D eigenvalue weighted by Crippen LogP contribution is -2.17. The van der Waals surface area contributed by atoms with Crippen LogP contribution in [0.3, 0.4) is 0 Å². The molecular weight excluding hydrogens is 294 g/mol. The van der Waals surface area contributed by atoms with Crippen molar-refractivity contribution >= 4 is 11.4 Å². The third-order valence-corrected chi connectivity index (χ3v) is 5.61. The summed E-state index contributed by atoms with van der Waals surface area (Å²) in [5.74, 6) is 0. The summed E-state index contributed by atoms with van der Waals surface area (Å²) >= 11 is 0. The molecule has 0 radical (unpaired) electrons. The third-order valence-electron chi connectivity index (χ3n) is 5.61. The second-order valence-corrected chi connectivity index (χ2v) is 7.36. The van der Waals surface area contributed by atoms with Crippen LogP contribution >= 0.6 is 0 Å². The van der Waals surface area contributed by atoms with Crippen LogP contribution in [0.4, 0.5) is 0 Å². The molecule has 1 aliphatic carbocycles. The van der Waals surface area contributed by atoms with Crippen LogP contribution in [0.25, 0.3) is 0 Å². The van der Waals surface area contributed by atoms with Gasteiger partial charge in [0.05, 0.1) is 12.1 Å². The first kappa shape index (κ1) is 15.6. The fourth-order valence-electron chi connectivity index (χ4n) is 4.41. The highest BCUT2D eigenvalue weighted by atomic mass is 15.0. The van der Waals surface area contributed by atoms with Gasteiger partial charge in [-0.2, -0.15) is 0 Å². The first-order valence-electron chi connectivity index (χ1n) is 9.04. The smallest absolute Gasteiger partial charge is 0.0730 e. The molecule has 2 unspecified atom stereocenters. The highest BCUT2D eigenvalue weighted by Crippen LogP contribution is 2.31. The highest BCUT2D eigenvalue weighted by molar-refractivity contribution is 5.98. The molecule has 0 aromatic heterocycles. The Bertz CT molecular complexity index is 730. The van der Waals surface area contributed by atoms with Crippen molar-refractivity contribution in [1.29, 1.82) is 0 Å². The van der Waals surface area contributed by atoms with Crippen molar-refractivity contribution in [2.75, 3.05) is 0 Å². The van der Waals surface area contributed by atoms with Crippen LogP contribution in [-0.2, 0) is 0 Å². The average molecular weight is 321 g/mol. The predicted octanol–water partition coefficient (Wildman–Crippen LogP) is 4.64. The largest absolute Gasteiger partial charge is 0.362 e. The van der Waals surface area contributed by atoms with E-state index in [2.05, 4.69) is 29.6 Å². The molecule has 2 atom stereocenters. The monoisotopic (exact) mass is 321 g/mol. The number of hydrogen-bond donors (Lipinski definition) is 1. The molecule has 5 rings (SSSR count). The third kappa shape index (κ3) is 2.92. The lowest BCUT2D eigenvalue weighted by molar-refractivity contribution is 0.527. The molecule has 0 saturated carbocycles. The van der Waals surface area contributed by atoms with Gasteiger partial charge in [-0.05, 0) is 80.7 Å². The van der Waals surface area contributed by atoms with E-state index in [-0.39, 0.29) is 7.43 Å². The second-order valence-electron chi connectivity index (χ2n) is 7.36. The van der Waals surface area contributed by atoms with E-state index in [4.69, 9.17) is 9.98 Å². The molecule has 0 amide bonds. The fourth-order valence-corrected chi connectivity index (χ4v) is 4.41. The van der Waals surface area contributed by atoms with Crippen molar-refractivity contribution in [3.63, 3.8) is 0 Å². The van der Waals surface area contributed by atoms with Gasteiger partial charge < -0.3 is 5.32 Å². The zero-order chi connectivity index (χ0) is 15.2. The minimum absolute atomic E-state index is 0. The van der Waals surface area contributed by atoms with Crippen LogP contribution in [0.2, 0.25) is 0 Å². The molecule has 4 aliphatic heterocycles. The number of fused-ring (bicyclic) bond motifs is 6. The highest BCUT2D eigenvalue weighted by Gasteiger charge is 2.29. The van der Waals surface area contributed by atoms with E-state index in [1.807, 2.05) is 0 Å². The van der Waals surface area contributed by atoms with Gasteiger partial charge in [-0.3, -0.25) is 9.98 Å². The summed E-state index contributed by atoms with van der Waals surface area (Å²) in [5, 5.41) is 3.61. The van der Waals surface area contributed by atoms with Gasteiger partial charge >= 0.3 is 0 Å². The van der Waals surface area contributed by atoms with Crippen LogP contribution in [0.5, 0.6) is 0 Å². The number of allylic oxidation sites excluding steroid dienone is 8. The lowest BCUT2D eigenvalue weighted by atomic mass is 10.0. The SMILES string of the molecule is C.C1=C2C=C3CC/C(=C/C4=NC(CC4)C4CCC(=N4)C=C1CC2)N3. The van der Waals surface area contributed by atoms with Gasteiger partial charge in [0.2, 0.25) is 0 Å². The molecule has 1 saturated heterocycles. The number of nitrogens with one attached hydrogen (secondary N) is 1. The van der Waals surface area contributed by atoms with E-state index in [1.54, 1.807) is 0 Å². The van der Waals surface area contributed by atoms with Gasteiger partial charge in [-0.15, -0.1) is 0 Å². The zero-order valence-electron chi connectivity index (χ0n) is 13.5. The van der Waals surface area contributed by atoms with Gasteiger partial charge in [0.25, 0.3) is 0 Å². The molecule has 126 valence electrons. The van der Waals surface area contributed by atoms with Crippen LogP contribution < -0.4 is 5.32 Å². The van der Waals surface area contributed by atoms with E-state index in [0.29, 0.717) is 12.1 Å². The summed E-state index contributed by atoms with van der Waals surface area (Å²) < 4.78 is 0. The number of hydrogen-bond acceptors (Lipinski definition) is 3. The molecule has 5 aliphatic rings. The zero-order valence-corrected chi connectivity index (χ0v) is 13.5. The Balaban J connectivity index is 0.00000146. The van der Waals surface area contributed by atoms with Crippen molar-refractivity contribution in [1.82, 2.24) is 5.32 Å². The Morgan fingerprint density at radius 2 is 1.25 bits per heavy atom. The predicted molar refractivity (Wildman–Crippen MR) is 102 cm³/mol. The standard InChI is InChI=1S/C20H23N3.CH4/c1-2-14-9-13(1)10-15-3-4-17(21-15)12-18-6-8-20(23-18)19-7-5-16(11-14)22-19;/h9-12,19-21H,1-8H2;1H4/b14-11?,15-10?,17-12-;. The lowest BCUT2D eigenvalue weighted by Gasteiger charge is -2.11. The van der Waals surface area contributed by atoms with E-state index < -0.39 is 0 Å². The Morgan fingerprint density at radius 3 is 1.96 bits per heavy atom. The van der Waals surface area contributed by atoms with Gasteiger partial charge in [-0.1, -0.05) is 13.5 Å². The van der Waals surface area contributed by atoms with E-state index in [0.717, 1.165) is 32.1 Å². The first-order chi connectivity index (χ1) is 11.3. The topological polar surface area (TPSA) is 36.8 Å². The maximum absolute atomic E-state index is 4.99. The summed E-state index contributed by atoms with van der Waals surface area (Å²) in [4.78, 5) is 9.98. The van der Waals surface area contributed by atoms with Gasteiger partial charge in [0, 0.05) is 22.8 Å². The van der Waals surface area contributed by atoms with Crippen molar-refractivity contribution < 1.29 is 0 Å². The summed E-state index contributed by atoms with van der Waals surface area (Å²) in [5.41, 5.74) is 8.20. The van der Waals surface area contributed by atoms with Crippen LogP contribution in [0, 0.1) is 0 Å². The minimum atomic E-state index is 0. The molecule has 3 nitrogen and oxygen atoms in total. The van der Waals surface area contributed by atoms with Crippen LogP contribution in [0.1, 0.15) is 58.8 Å². The van der Waals surface area contributed by atoms with Gasteiger partial charge in [-0.25, -0.2) is 0 Å². The minimum Gasteiger partial charge on any atom is -0.362 e. The maximum atomic E-state index is 4.99.